The summed E-state index contributed by atoms with van der Waals surface area (Å²) in [6.07, 6.45) is 2.30. The van der Waals surface area contributed by atoms with E-state index in [1.165, 1.54) is 11.3 Å². The number of pyridine rings is 1. The topological polar surface area (TPSA) is 68.0 Å². The van der Waals surface area contributed by atoms with E-state index in [0.717, 1.165) is 15.2 Å². The average molecular weight is 326 g/mol. The van der Waals surface area contributed by atoms with E-state index in [1.54, 1.807) is 18.3 Å². The van der Waals surface area contributed by atoms with E-state index in [2.05, 4.69) is 26.2 Å². The van der Waals surface area contributed by atoms with Gasteiger partial charge in [0.15, 0.2) is 0 Å². The Morgan fingerprint density at radius 3 is 3.00 bits per heavy atom. The minimum atomic E-state index is -0.134. The number of aromatic nitrogens is 1. The van der Waals surface area contributed by atoms with E-state index in [9.17, 15) is 4.79 Å². The van der Waals surface area contributed by atoms with E-state index in [1.807, 2.05) is 11.4 Å². The lowest BCUT2D eigenvalue weighted by atomic mass is 10.2. The van der Waals surface area contributed by atoms with Crippen molar-refractivity contribution in [2.24, 2.45) is 5.73 Å². The van der Waals surface area contributed by atoms with Gasteiger partial charge in [0.1, 0.15) is 0 Å². The first kappa shape index (κ1) is 13.2. The Bertz CT molecular complexity index is 556. The van der Waals surface area contributed by atoms with Gasteiger partial charge in [-0.05, 0) is 40.7 Å². The van der Waals surface area contributed by atoms with Gasteiger partial charge < -0.3 is 11.1 Å². The maximum atomic E-state index is 12.0. The third kappa shape index (κ3) is 3.38. The molecular weight excluding hydrogens is 314 g/mol. The number of carbonyl (C=O) groups is 1. The molecule has 0 atom stereocenters. The highest BCUT2D eigenvalue weighted by molar-refractivity contribution is 9.10. The van der Waals surface area contributed by atoms with E-state index >= 15 is 0 Å². The predicted octanol–water partition coefficient (Wildman–Crippen LogP) is 2.66. The summed E-state index contributed by atoms with van der Waals surface area (Å²) in [5, 5.41) is 5.57. The minimum Gasteiger partial charge on any atom is -0.330 e. The molecule has 6 heteroatoms. The highest BCUT2D eigenvalue weighted by Crippen LogP contribution is 2.24. The van der Waals surface area contributed by atoms with Crippen LogP contribution >= 0.6 is 27.3 Å². The smallest absolute Gasteiger partial charge is 0.256 e. The van der Waals surface area contributed by atoms with Gasteiger partial charge in [-0.25, -0.2) is 0 Å². The molecule has 4 nitrogen and oxygen atoms in total. The summed E-state index contributed by atoms with van der Waals surface area (Å²) >= 11 is 4.82. The Kier molecular flexibility index (Phi) is 4.46. The van der Waals surface area contributed by atoms with Crippen molar-refractivity contribution >= 4 is 38.2 Å². The van der Waals surface area contributed by atoms with Crippen LogP contribution in [0, 0.1) is 0 Å². The largest absolute Gasteiger partial charge is 0.330 e. The highest BCUT2D eigenvalue weighted by atomic mass is 79.9. The van der Waals surface area contributed by atoms with Crippen molar-refractivity contribution in [3.05, 3.63) is 45.5 Å². The van der Waals surface area contributed by atoms with E-state index in [-0.39, 0.29) is 5.91 Å². The van der Waals surface area contributed by atoms with Crippen LogP contribution in [0.4, 0.5) is 5.00 Å². The molecule has 2 aromatic heterocycles. The lowest BCUT2D eigenvalue weighted by molar-refractivity contribution is 0.102. The molecule has 0 fully saturated rings. The molecule has 2 rings (SSSR count). The van der Waals surface area contributed by atoms with Crippen LogP contribution in [0.1, 0.15) is 16.1 Å². The average Bonchev–Trinajstić information content (AvgIpc) is 2.75. The molecule has 94 valence electrons. The Balaban J connectivity index is 2.11. The fraction of sp³-hybridized carbons (Fsp3) is 0.167. The first-order valence-electron chi connectivity index (χ1n) is 5.39. The molecule has 2 aromatic rings. The van der Waals surface area contributed by atoms with Gasteiger partial charge in [-0.1, -0.05) is 0 Å². The summed E-state index contributed by atoms with van der Waals surface area (Å²) in [5.74, 6) is -0.134. The quantitative estimate of drug-likeness (QED) is 0.908. The van der Waals surface area contributed by atoms with Crippen molar-refractivity contribution < 1.29 is 4.79 Å². The summed E-state index contributed by atoms with van der Waals surface area (Å²) in [6.45, 7) is 0.524. The second-order valence-electron chi connectivity index (χ2n) is 3.66. The Morgan fingerprint density at radius 1 is 1.50 bits per heavy atom. The number of carbonyl (C=O) groups excluding carboxylic acids is 1. The molecule has 0 aliphatic carbocycles. The molecule has 18 heavy (non-hydrogen) atoms. The van der Waals surface area contributed by atoms with Crippen LogP contribution in [0.2, 0.25) is 0 Å². The zero-order valence-electron chi connectivity index (χ0n) is 9.52. The lowest BCUT2D eigenvalue weighted by Crippen LogP contribution is -2.12. The number of anilines is 1. The van der Waals surface area contributed by atoms with Crippen LogP contribution in [-0.2, 0) is 6.42 Å². The molecule has 0 unspecified atom stereocenters. The van der Waals surface area contributed by atoms with Crippen LogP contribution in [0.25, 0.3) is 0 Å². The molecule has 3 N–H and O–H groups in total. The second-order valence-corrected chi connectivity index (χ2v) is 5.48. The van der Waals surface area contributed by atoms with Crippen LogP contribution in [0.3, 0.4) is 0 Å². The van der Waals surface area contributed by atoms with Gasteiger partial charge in [-0.2, -0.15) is 0 Å². The van der Waals surface area contributed by atoms with Crippen molar-refractivity contribution in [3.63, 3.8) is 0 Å². The number of nitrogens with two attached hydrogens (primary N) is 1. The van der Waals surface area contributed by atoms with Gasteiger partial charge in [-0.15, -0.1) is 11.3 Å². The van der Waals surface area contributed by atoms with Crippen LogP contribution in [-0.4, -0.2) is 17.4 Å². The maximum absolute atomic E-state index is 12.0. The fourth-order valence-corrected chi connectivity index (χ4v) is 2.78. The van der Waals surface area contributed by atoms with E-state index in [0.29, 0.717) is 18.5 Å². The van der Waals surface area contributed by atoms with Crippen molar-refractivity contribution in [1.82, 2.24) is 4.98 Å². The van der Waals surface area contributed by atoms with Gasteiger partial charge in [0.25, 0.3) is 5.91 Å². The minimum absolute atomic E-state index is 0.134. The molecule has 0 saturated carbocycles. The third-order valence-electron chi connectivity index (χ3n) is 2.28. The molecule has 0 aliphatic rings. The van der Waals surface area contributed by atoms with Gasteiger partial charge in [0, 0.05) is 33.7 Å². The zero-order valence-corrected chi connectivity index (χ0v) is 11.9. The van der Waals surface area contributed by atoms with Crippen molar-refractivity contribution in [3.8, 4) is 0 Å². The molecule has 2 heterocycles. The number of hydrogen-bond donors (Lipinski definition) is 2. The van der Waals surface area contributed by atoms with Crippen molar-refractivity contribution in [1.29, 1.82) is 0 Å². The van der Waals surface area contributed by atoms with E-state index in [4.69, 9.17) is 5.73 Å². The first-order chi connectivity index (χ1) is 8.69. The molecule has 0 spiro atoms. The molecule has 0 radical (unpaired) electrons. The Hall–Kier alpha value is -1.24. The van der Waals surface area contributed by atoms with E-state index < -0.39 is 0 Å². The standard InChI is InChI=1S/C12H12BrN3OS/c13-9-6-11(18-7-9)16-12(17)8-2-4-15-10(5-8)1-3-14/h2,4-7H,1,3,14H2,(H,16,17). The molecule has 1 amide bonds. The number of thiophene rings is 1. The summed E-state index contributed by atoms with van der Waals surface area (Å²) < 4.78 is 0.960. The number of rotatable bonds is 4. The van der Waals surface area contributed by atoms with Crippen LogP contribution < -0.4 is 11.1 Å². The molecular formula is C12H12BrN3OS. The molecule has 0 aliphatic heterocycles. The Morgan fingerprint density at radius 2 is 2.33 bits per heavy atom. The summed E-state index contributed by atoms with van der Waals surface area (Å²) in [6, 6.07) is 5.33. The van der Waals surface area contributed by atoms with Gasteiger partial charge >= 0.3 is 0 Å². The van der Waals surface area contributed by atoms with Gasteiger partial charge in [-0.3, -0.25) is 9.78 Å². The monoisotopic (exact) mass is 325 g/mol. The SMILES string of the molecule is NCCc1cc(C(=O)Nc2cc(Br)cs2)ccn1. The third-order valence-corrected chi connectivity index (χ3v) is 3.89. The van der Waals surface area contributed by atoms with Crippen LogP contribution in [0.5, 0.6) is 0 Å². The maximum Gasteiger partial charge on any atom is 0.256 e. The van der Waals surface area contributed by atoms with Crippen LogP contribution in [0.15, 0.2) is 34.2 Å². The first-order valence-corrected chi connectivity index (χ1v) is 7.06. The van der Waals surface area contributed by atoms with Crippen molar-refractivity contribution in [2.45, 2.75) is 6.42 Å². The summed E-state index contributed by atoms with van der Waals surface area (Å²) in [4.78, 5) is 16.2. The number of amides is 1. The highest BCUT2D eigenvalue weighted by Gasteiger charge is 2.08. The molecule has 0 bridgehead atoms. The normalized spacial score (nSPS) is 10.3. The van der Waals surface area contributed by atoms with Gasteiger partial charge in [0.05, 0.1) is 5.00 Å². The number of nitrogens with zero attached hydrogens (tertiary/aromatic N) is 1. The lowest BCUT2D eigenvalue weighted by Gasteiger charge is -2.04. The predicted molar refractivity (Wildman–Crippen MR) is 77.0 cm³/mol. The van der Waals surface area contributed by atoms with Crippen molar-refractivity contribution in [2.75, 3.05) is 11.9 Å². The number of nitrogens with one attached hydrogen (secondary N) is 1. The summed E-state index contributed by atoms with van der Waals surface area (Å²) in [5.41, 5.74) is 6.90. The fourth-order valence-electron chi connectivity index (χ4n) is 1.47. The van der Waals surface area contributed by atoms with Gasteiger partial charge in [0.2, 0.25) is 0 Å². The zero-order chi connectivity index (χ0) is 13.0. The Labute approximate surface area is 117 Å². The number of hydrogen-bond acceptors (Lipinski definition) is 4. The number of halogens is 1. The summed E-state index contributed by atoms with van der Waals surface area (Å²) in [7, 11) is 0. The second kappa shape index (κ2) is 6.08. The molecule has 0 aromatic carbocycles. The molecule has 0 saturated heterocycles.